The van der Waals surface area contributed by atoms with Gasteiger partial charge < -0.3 is 13.9 Å². The van der Waals surface area contributed by atoms with Gasteiger partial charge in [0.1, 0.15) is 11.2 Å². The number of para-hydroxylation sites is 3. The highest BCUT2D eigenvalue weighted by Crippen LogP contribution is 2.49. The minimum absolute atomic E-state index is 0.675. The van der Waals surface area contributed by atoms with Crippen LogP contribution in [0.1, 0.15) is 0 Å². The zero-order chi connectivity index (χ0) is 39.0. The molecule has 0 aliphatic heterocycles. The number of nitrogens with zero attached hydrogens (tertiary/aromatic N) is 2. The van der Waals surface area contributed by atoms with Crippen LogP contribution in [0.2, 0.25) is 5.02 Å². The summed E-state index contributed by atoms with van der Waals surface area (Å²) in [7, 11) is 0. The molecule has 0 radical (unpaired) electrons. The van der Waals surface area contributed by atoms with Crippen molar-refractivity contribution in [3.63, 3.8) is 0 Å². The van der Waals surface area contributed by atoms with E-state index in [0.717, 1.165) is 61.3 Å². The Labute approximate surface area is 349 Å². The molecule has 5 heteroatoms. The molecule has 3 aromatic heterocycles. The maximum absolute atomic E-state index is 7.20. The Hall–Kier alpha value is -7.11. The van der Waals surface area contributed by atoms with Gasteiger partial charge in [-0.25, -0.2) is 0 Å². The van der Waals surface area contributed by atoms with Crippen molar-refractivity contribution in [3.05, 3.63) is 205 Å². The summed E-state index contributed by atoms with van der Waals surface area (Å²) < 4.78 is 11.3. The van der Waals surface area contributed by atoms with Crippen molar-refractivity contribution in [1.29, 1.82) is 0 Å². The third-order valence-electron chi connectivity index (χ3n) is 11.6. The maximum Gasteiger partial charge on any atom is 0.137 e. The second-order valence-corrected chi connectivity index (χ2v) is 16.5. The van der Waals surface area contributed by atoms with E-state index in [1.165, 1.54) is 47.6 Å². The first-order valence-corrected chi connectivity index (χ1v) is 21.0. The molecule has 0 fully saturated rings. The van der Waals surface area contributed by atoms with Gasteiger partial charge in [-0.05, 0) is 101 Å². The number of rotatable bonds is 6. The van der Waals surface area contributed by atoms with E-state index in [4.69, 9.17) is 16.0 Å². The Bertz CT molecular complexity index is 3570. The number of thiophene rings is 1. The third-order valence-corrected chi connectivity index (χ3v) is 13.0. The van der Waals surface area contributed by atoms with Crippen LogP contribution in [0.3, 0.4) is 0 Å². The smallest absolute Gasteiger partial charge is 0.137 e. The van der Waals surface area contributed by atoms with E-state index in [1.54, 1.807) is 0 Å². The van der Waals surface area contributed by atoms with Crippen molar-refractivity contribution in [2.24, 2.45) is 0 Å². The number of hydrogen-bond acceptors (Lipinski definition) is 3. The zero-order valence-electron chi connectivity index (χ0n) is 31.6. The van der Waals surface area contributed by atoms with Gasteiger partial charge in [0.15, 0.2) is 0 Å². The molecule has 0 aliphatic carbocycles. The molecule has 0 saturated carbocycles. The molecule has 0 atom stereocenters. The molecule has 12 rings (SSSR count). The summed E-state index contributed by atoms with van der Waals surface area (Å²) in [6.45, 7) is 0. The molecule has 12 aromatic rings. The molecule has 3 heterocycles. The number of hydrogen-bond donors (Lipinski definition) is 0. The topological polar surface area (TPSA) is 21.3 Å². The van der Waals surface area contributed by atoms with Crippen LogP contribution in [0.15, 0.2) is 205 Å². The predicted octanol–water partition coefficient (Wildman–Crippen LogP) is 16.5. The third kappa shape index (κ3) is 5.49. The van der Waals surface area contributed by atoms with Crippen LogP contribution < -0.4 is 4.90 Å². The lowest BCUT2D eigenvalue weighted by Gasteiger charge is -2.26. The Balaban J connectivity index is 1.10. The Morgan fingerprint density at radius 3 is 1.95 bits per heavy atom. The highest BCUT2D eigenvalue weighted by atomic mass is 35.5. The molecule has 0 spiro atoms. The summed E-state index contributed by atoms with van der Waals surface area (Å²) in [5, 5.41) is 7.76. The maximum atomic E-state index is 7.20. The monoisotopic (exact) mass is 792 g/mol. The van der Waals surface area contributed by atoms with Crippen LogP contribution in [-0.4, -0.2) is 4.57 Å². The molecule has 0 aliphatic rings. The van der Waals surface area contributed by atoms with Crippen molar-refractivity contribution in [2.45, 2.75) is 0 Å². The normalized spacial score (nSPS) is 11.8. The molecule has 0 unspecified atom stereocenters. The fourth-order valence-corrected chi connectivity index (χ4v) is 10.5. The SMILES string of the molecule is Clc1cc(-c2cc3c4ccccc4n(-c4ccc5c(c4)oc4ccccc45)c3c3sc4ccccc4c23)cc(N(c2ccccc2)c2ccc(-c3ccccc3)cc2)c1. The Morgan fingerprint density at radius 2 is 1.12 bits per heavy atom. The minimum Gasteiger partial charge on any atom is -0.456 e. The number of benzene rings is 9. The molecule has 9 aromatic carbocycles. The van der Waals surface area contributed by atoms with Crippen molar-refractivity contribution >= 4 is 104 Å². The van der Waals surface area contributed by atoms with Crippen LogP contribution in [0.4, 0.5) is 17.1 Å². The first-order chi connectivity index (χ1) is 29.2. The van der Waals surface area contributed by atoms with Gasteiger partial charge in [0.25, 0.3) is 0 Å². The number of aromatic nitrogens is 1. The molecule has 0 N–H and O–H groups in total. The van der Waals surface area contributed by atoms with Crippen LogP contribution in [0.25, 0.3) is 91.9 Å². The van der Waals surface area contributed by atoms with E-state index in [-0.39, 0.29) is 0 Å². The molecule has 278 valence electrons. The van der Waals surface area contributed by atoms with Crippen molar-refractivity contribution in [2.75, 3.05) is 4.90 Å². The number of halogens is 1. The molecule has 0 bridgehead atoms. The van der Waals surface area contributed by atoms with Gasteiger partial charge in [0.2, 0.25) is 0 Å². The Kier molecular flexibility index (Phi) is 7.77. The molecular formula is C54H33ClN2OS. The molecule has 0 amide bonds. The molecular weight excluding hydrogens is 760 g/mol. The van der Waals surface area contributed by atoms with Gasteiger partial charge in [0.05, 0.1) is 15.7 Å². The summed E-state index contributed by atoms with van der Waals surface area (Å²) >= 11 is 9.06. The summed E-state index contributed by atoms with van der Waals surface area (Å²) in [6.07, 6.45) is 0. The second kappa shape index (κ2) is 13.5. The summed E-state index contributed by atoms with van der Waals surface area (Å²) in [6, 6.07) is 71.2. The van der Waals surface area contributed by atoms with Gasteiger partial charge in [-0.15, -0.1) is 11.3 Å². The average Bonchev–Trinajstić information content (AvgIpc) is 3.97. The second-order valence-electron chi connectivity index (χ2n) is 15.0. The van der Waals surface area contributed by atoms with E-state index >= 15 is 0 Å². The molecule has 59 heavy (non-hydrogen) atoms. The fraction of sp³-hybridized carbons (Fsp3) is 0. The van der Waals surface area contributed by atoms with Crippen molar-refractivity contribution in [3.8, 4) is 27.9 Å². The van der Waals surface area contributed by atoms with E-state index in [0.29, 0.717) is 5.02 Å². The summed E-state index contributed by atoms with van der Waals surface area (Å²) in [4.78, 5) is 2.30. The summed E-state index contributed by atoms with van der Waals surface area (Å²) in [5.41, 5.74) is 12.8. The lowest BCUT2D eigenvalue weighted by molar-refractivity contribution is 0.668. The van der Waals surface area contributed by atoms with E-state index < -0.39 is 0 Å². The van der Waals surface area contributed by atoms with Crippen molar-refractivity contribution < 1.29 is 4.42 Å². The van der Waals surface area contributed by atoms with Gasteiger partial charge >= 0.3 is 0 Å². The van der Waals surface area contributed by atoms with E-state index in [2.05, 4.69) is 198 Å². The van der Waals surface area contributed by atoms with Crippen LogP contribution in [-0.2, 0) is 0 Å². The highest BCUT2D eigenvalue weighted by Gasteiger charge is 2.23. The van der Waals surface area contributed by atoms with Crippen LogP contribution in [0, 0.1) is 0 Å². The highest BCUT2D eigenvalue weighted by molar-refractivity contribution is 7.26. The zero-order valence-corrected chi connectivity index (χ0v) is 33.2. The van der Waals surface area contributed by atoms with Crippen LogP contribution >= 0.6 is 22.9 Å². The van der Waals surface area contributed by atoms with Crippen LogP contribution in [0.5, 0.6) is 0 Å². The van der Waals surface area contributed by atoms with Gasteiger partial charge in [0, 0.05) is 70.9 Å². The average molecular weight is 793 g/mol. The Morgan fingerprint density at radius 1 is 0.458 bits per heavy atom. The lowest BCUT2D eigenvalue weighted by atomic mass is 9.96. The van der Waals surface area contributed by atoms with Crippen molar-refractivity contribution in [1.82, 2.24) is 4.57 Å². The van der Waals surface area contributed by atoms with E-state index in [1.807, 2.05) is 23.5 Å². The largest absolute Gasteiger partial charge is 0.456 e. The number of anilines is 3. The molecule has 3 nitrogen and oxygen atoms in total. The van der Waals surface area contributed by atoms with E-state index in [9.17, 15) is 0 Å². The minimum atomic E-state index is 0.675. The van der Waals surface area contributed by atoms with Gasteiger partial charge in [-0.2, -0.15) is 0 Å². The standard InChI is InChI=1S/C54H33ClN2OS/c55-37-29-36(30-41(31-37)56(38-15-5-2-6-16-38)39-25-23-35(24-26-39)34-13-3-1-4-14-34)46-33-47-42-17-7-10-20-48(42)57(53(47)54-52(46)45-19-9-12-22-51(45)59-54)40-27-28-44-43-18-8-11-21-49(43)58-50(44)32-40/h1-33H. The molecule has 0 saturated heterocycles. The quantitative estimate of drug-likeness (QED) is 0.167. The number of fused-ring (bicyclic) bond motifs is 10. The first kappa shape index (κ1) is 34.0. The van der Waals surface area contributed by atoms with Gasteiger partial charge in [-0.1, -0.05) is 127 Å². The lowest BCUT2D eigenvalue weighted by Crippen LogP contribution is -2.10. The van der Waals surface area contributed by atoms with Gasteiger partial charge in [-0.3, -0.25) is 0 Å². The first-order valence-electron chi connectivity index (χ1n) is 19.8. The fourth-order valence-electron chi connectivity index (χ4n) is 9.00. The predicted molar refractivity (Wildman–Crippen MR) is 252 cm³/mol. The summed E-state index contributed by atoms with van der Waals surface area (Å²) in [5.74, 6) is 0. The number of furan rings is 1.